The zero-order valence-corrected chi connectivity index (χ0v) is 12.6. The van der Waals surface area contributed by atoms with Gasteiger partial charge in [-0.05, 0) is 12.5 Å². The highest BCUT2D eigenvalue weighted by Crippen LogP contribution is 2.18. The normalized spacial score (nSPS) is 12.3. The summed E-state index contributed by atoms with van der Waals surface area (Å²) in [6, 6.07) is 10.8. The van der Waals surface area contributed by atoms with Crippen molar-refractivity contribution in [2.24, 2.45) is 5.10 Å². The number of nitriles is 1. The molecular formula is C14H15N7O2. The van der Waals surface area contributed by atoms with Crippen molar-refractivity contribution in [3.8, 4) is 6.07 Å². The Kier molecular flexibility index (Phi) is 4.89. The van der Waals surface area contributed by atoms with Crippen LogP contribution < -0.4 is 11.3 Å². The van der Waals surface area contributed by atoms with Crippen molar-refractivity contribution >= 4 is 17.6 Å². The molecule has 23 heavy (non-hydrogen) atoms. The van der Waals surface area contributed by atoms with Crippen LogP contribution in [0.4, 0.5) is 5.95 Å². The Morgan fingerprint density at radius 2 is 2.13 bits per heavy atom. The molecule has 0 aliphatic carbocycles. The van der Waals surface area contributed by atoms with Crippen LogP contribution in [0.15, 0.2) is 35.4 Å². The maximum absolute atomic E-state index is 12.0. The monoisotopic (exact) mass is 313 g/mol. The second kappa shape index (κ2) is 7.04. The van der Waals surface area contributed by atoms with Crippen LogP contribution in [-0.4, -0.2) is 33.7 Å². The van der Waals surface area contributed by atoms with Crippen molar-refractivity contribution in [1.29, 1.82) is 5.26 Å². The zero-order valence-electron chi connectivity index (χ0n) is 12.6. The third-order valence-corrected chi connectivity index (χ3v) is 3.07. The van der Waals surface area contributed by atoms with Crippen molar-refractivity contribution in [3.05, 3.63) is 41.7 Å². The summed E-state index contributed by atoms with van der Waals surface area (Å²) in [5, 5.41) is 20.9. The lowest BCUT2D eigenvalue weighted by Gasteiger charge is -2.11. The SMILES string of the molecule is COC(=O)/C(=N\Nc1nnc(C)n1N)[C@@H](C#N)c1ccccc1. The number of methoxy groups -OCH3 is 1. The molecule has 9 heteroatoms. The summed E-state index contributed by atoms with van der Waals surface area (Å²) in [5.41, 5.74) is 3.04. The van der Waals surface area contributed by atoms with Gasteiger partial charge in [-0.2, -0.15) is 10.4 Å². The van der Waals surface area contributed by atoms with Crippen molar-refractivity contribution in [2.45, 2.75) is 12.8 Å². The van der Waals surface area contributed by atoms with Crippen LogP contribution >= 0.6 is 0 Å². The average Bonchev–Trinajstić information content (AvgIpc) is 2.90. The number of aryl methyl sites for hydroxylation is 1. The van der Waals surface area contributed by atoms with E-state index in [1.807, 2.05) is 12.1 Å². The Bertz CT molecular complexity index is 761. The number of hydrogen-bond donors (Lipinski definition) is 2. The molecule has 0 aliphatic rings. The minimum atomic E-state index is -0.897. The zero-order chi connectivity index (χ0) is 16.8. The third kappa shape index (κ3) is 3.44. The number of anilines is 1. The molecule has 0 spiro atoms. The van der Waals surface area contributed by atoms with Gasteiger partial charge in [0, 0.05) is 0 Å². The quantitative estimate of drug-likeness (QED) is 0.356. The van der Waals surface area contributed by atoms with Crippen molar-refractivity contribution in [1.82, 2.24) is 14.9 Å². The number of esters is 1. The lowest BCUT2D eigenvalue weighted by Crippen LogP contribution is -2.25. The number of hydrazone groups is 1. The van der Waals surface area contributed by atoms with Gasteiger partial charge < -0.3 is 10.6 Å². The first-order chi connectivity index (χ1) is 11.1. The van der Waals surface area contributed by atoms with E-state index in [2.05, 4.69) is 20.7 Å². The molecule has 0 radical (unpaired) electrons. The van der Waals surface area contributed by atoms with E-state index in [9.17, 15) is 10.1 Å². The number of ether oxygens (including phenoxy) is 1. The first kappa shape index (κ1) is 16.0. The highest BCUT2D eigenvalue weighted by Gasteiger charge is 2.26. The molecule has 1 aromatic heterocycles. The molecule has 0 saturated heterocycles. The van der Waals surface area contributed by atoms with Gasteiger partial charge in [-0.25, -0.2) is 14.9 Å². The molecule has 0 bridgehead atoms. The van der Waals surface area contributed by atoms with Gasteiger partial charge in [-0.1, -0.05) is 30.3 Å². The van der Waals surface area contributed by atoms with Gasteiger partial charge in [-0.15, -0.1) is 10.2 Å². The minimum Gasteiger partial charge on any atom is -0.464 e. The van der Waals surface area contributed by atoms with Crippen LogP contribution in [0.25, 0.3) is 0 Å². The molecular weight excluding hydrogens is 298 g/mol. The van der Waals surface area contributed by atoms with E-state index in [0.29, 0.717) is 11.4 Å². The summed E-state index contributed by atoms with van der Waals surface area (Å²) >= 11 is 0. The van der Waals surface area contributed by atoms with Crippen molar-refractivity contribution in [3.63, 3.8) is 0 Å². The topological polar surface area (TPSA) is 131 Å². The number of rotatable bonds is 5. The van der Waals surface area contributed by atoms with E-state index in [0.717, 1.165) is 0 Å². The molecule has 0 aliphatic heterocycles. The third-order valence-electron chi connectivity index (χ3n) is 3.07. The van der Waals surface area contributed by atoms with Gasteiger partial charge in [0.2, 0.25) is 0 Å². The van der Waals surface area contributed by atoms with Crippen LogP contribution in [-0.2, 0) is 9.53 Å². The summed E-state index contributed by atoms with van der Waals surface area (Å²) in [5.74, 6) is 4.66. The number of nitrogens with one attached hydrogen (secondary N) is 1. The maximum atomic E-state index is 12.0. The summed E-state index contributed by atoms with van der Waals surface area (Å²) in [7, 11) is 1.22. The molecule has 2 rings (SSSR count). The van der Waals surface area contributed by atoms with Crippen LogP contribution in [0, 0.1) is 18.3 Å². The molecule has 3 N–H and O–H groups in total. The number of nitrogens with zero attached hydrogens (tertiary/aromatic N) is 5. The largest absolute Gasteiger partial charge is 0.464 e. The summed E-state index contributed by atoms with van der Waals surface area (Å²) in [6.07, 6.45) is 0. The van der Waals surface area contributed by atoms with Gasteiger partial charge in [-0.3, -0.25) is 0 Å². The summed E-state index contributed by atoms with van der Waals surface area (Å²) in [4.78, 5) is 12.0. The number of benzene rings is 1. The van der Waals surface area contributed by atoms with Gasteiger partial charge in [0.1, 0.15) is 5.92 Å². The lowest BCUT2D eigenvalue weighted by molar-refractivity contribution is -0.132. The number of carbonyl (C=O) groups is 1. The van der Waals surface area contributed by atoms with Gasteiger partial charge in [0.05, 0.1) is 13.2 Å². The molecule has 0 unspecified atom stereocenters. The number of carbonyl (C=O) groups excluding carboxylic acids is 1. The van der Waals surface area contributed by atoms with Gasteiger partial charge in [0.15, 0.2) is 11.5 Å². The fourth-order valence-corrected chi connectivity index (χ4v) is 1.83. The van der Waals surface area contributed by atoms with Crippen molar-refractivity contribution < 1.29 is 9.53 Å². The number of nitrogens with two attached hydrogens (primary N) is 1. The van der Waals surface area contributed by atoms with E-state index < -0.39 is 11.9 Å². The Hall–Kier alpha value is -3.41. The van der Waals surface area contributed by atoms with Gasteiger partial charge >= 0.3 is 5.97 Å². The van der Waals surface area contributed by atoms with Crippen LogP contribution in [0.5, 0.6) is 0 Å². The standard InChI is InChI=1S/C14H15N7O2/c1-9-17-19-14(21(9)16)20-18-12(13(22)23-2)11(8-15)10-6-4-3-5-7-10/h3-7,11H,16H2,1-2H3,(H,19,20)/b18-12-/t11-/m0/s1. The van der Waals surface area contributed by atoms with E-state index >= 15 is 0 Å². The average molecular weight is 313 g/mol. The number of nitrogen functional groups attached to an aromatic ring is 1. The smallest absolute Gasteiger partial charge is 0.355 e. The summed E-state index contributed by atoms with van der Waals surface area (Å²) < 4.78 is 5.87. The van der Waals surface area contributed by atoms with E-state index in [1.165, 1.54) is 11.8 Å². The summed E-state index contributed by atoms with van der Waals surface area (Å²) in [6.45, 7) is 1.66. The molecule has 118 valence electrons. The number of hydrogen-bond acceptors (Lipinski definition) is 8. The lowest BCUT2D eigenvalue weighted by atomic mass is 9.95. The van der Waals surface area contributed by atoms with E-state index in [-0.39, 0.29) is 11.7 Å². The van der Waals surface area contributed by atoms with Crippen LogP contribution in [0.3, 0.4) is 0 Å². The second-order valence-corrected chi connectivity index (χ2v) is 4.51. The molecule has 1 atom stereocenters. The number of aromatic nitrogens is 3. The van der Waals surface area contributed by atoms with Crippen LogP contribution in [0.1, 0.15) is 17.3 Å². The fraction of sp³-hybridized carbons (Fsp3) is 0.214. The first-order valence-electron chi connectivity index (χ1n) is 6.62. The fourth-order valence-electron chi connectivity index (χ4n) is 1.83. The van der Waals surface area contributed by atoms with Gasteiger partial charge in [0.25, 0.3) is 5.95 Å². The molecule has 1 aromatic carbocycles. The van der Waals surface area contributed by atoms with Crippen LogP contribution in [0.2, 0.25) is 0 Å². The second-order valence-electron chi connectivity index (χ2n) is 4.51. The highest BCUT2D eigenvalue weighted by molar-refractivity contribution is 6.39. The highest BCUT2D eigenvalue weighted by atomic mass is 16.5. The predicted octanol–water partition coefficient (Wildman–Crippen LogP) is 0.549. The molecule has 9 nitrogen and oxygen atoms in total. The predicted molar refractivity (Wildman–Crippen MR) is 82.8 cm³/mol. The maximum Gasteiger partial charge on any atom is 0.355 e. The Morgan fingerprint density at radius 3 is 2.65 bits per heavy atom. The van der Waals surface area contributed by atoms with E-state index in [1.54, 1.807) is 31.2 Å². The molecule has 0 amide bonds. The molecule has 0 saturated carbocycles. The Balaban J connectivity index is 2.36. The molecule has 1 heterocycles. The first-order valence-corrected chi connectivity index (χ1v) is 6.62. The Morgan fingerprint density at radius 1 is 1.43 bits per heavy atom. The van der Waals surface area contributed by atoms with Crippen molar-refractivity contribution in [2.75, 3.05) is 18.4 Å². The molecule has 2 aromatic rings. The van der Waals surface area contributed by atoms with E-state index in [4.69, 9.17) is 10.6 Å². The molecule has 0 fully saturated rings. The Labute approximate surface area is 132 Å². The minimum absolute atomic E-state index is 0.109.